The number of fused-ring (bicyclic) bond motifs is 2. The zero-order chi connectivity index (χ0) is 15.9. The van der Waals surface area contributed by atoms with E-state index in [-0.39, 0.29) is 30.6 Å². The zero-order valence-corrected chi connectivity index (χ0v) is 12.3. The molecule has 0 aliphatic carbocycles. The Bertz CT molecular complexity index is 596. The van der Waals surface area contributed by atoms with E-state index >= 15 is 0 Å². The van der Waals surface area contributed by atoms with Crippen LogP contribution in [0.2, 0.25) is 0 Å². The van der Waals surface area contributed by atoms with Crippen LogP contribution in [0.3, 0.4) is 0 Å². The summed E-state index contributed by atoms with van der Waals surface area (Å²) < 4.78 is 5.18. The minimum Gasteiger partial charge on any atom is -0.383 e. The number of aliphatic imine (C=N–C) groups is 1. The van der Waals surface area contributed by atoms with Gasteiger partial charge in [-0.25, -0.2) is 4.79 Å². The summed E-state index contributed by atoms with van der Waals surface area (Å²) in [5.41, 5.74) is 11.1. The summed E-state index contributed by atoms with van der Waals surface area (Å²) in [5.74, 6) is 0.199. The van der Waals surface area contributed by atoms with Crippen molar-refractivity contribution in [2.75, 3.05) is 20.1 Å². The van der Waals surface area contributed by atoms with Gasteiger partial charge in [-0.05, 0) is 12.8 Å². The molecule has 0 unspecified atom stereocenters. The molecule has 22 heavy (non-hydrogen) atoms. The van der Waals surface area contributed by atoms with E-state index in [2.05, 4.69) is 10.1 Å². The molecule has 0 saturated carbocycles. The van der Waals surface area contributed by atoms with Gasteiger partial charge in [0.1, 0.15) is 11.8 Å². The van der Waals surface area contributed by atoms with Gasteiger partial charge in [0.2, 0.25) is 0 Å². The fourth-order valence-electron chi connectivity index (χ4n) is 3.05. The first-order valence-corrected chi connectivity index (χ1v) is 7.20. The molecule has 9 nitrogen and oxygen atoms in total. The Morgan fingerprint density at radius 3 is 3.09 bits per heavy atom. The molecule has 1 aromatic rings. The Morgan fingerprint density at radius 2 is 2.36 bits per heavy atom. The fourth-order valence-corrected chi connectivity index (χ4v) is 3.05. The van der Waals surface area contributed by atoms with Crippen LogP contribution in [-0.4, -0.2) is 58.2 Å². The van der Waals surface area contributed by atoms with Crippen LogP contribution < -0.4 is 11.5 Å². The van der Waals surface area contributed by atoms with Gasteiger partial charge in [-0.15, -0.1) is 0 Å². The fraction of sp³-hybridized carbons (Fsp3) is 0.615. The lowest BCUT2D eigenvalue weighted by Gasteiger charge is -2.28. The highest BCUT2D eigenvalue weighted by Gasteiger charge is 2.44. The molecule has 3 heterocycles. The molecule has 0 aromatic carbocycles. The molecular formula is C13H20N6O3. The highest BCUT2D eigenvalue weighted by atomic mass is 16.5. The third-order valence-corrected chi connectivity index (χ3v) is 4.32. The number of guanidine groups is 1. The third kappa shape index (κ3) is 2.47. The number of rotatable bonds is 4. The molecule has 1 aromatic heterocycles. The second-order valence-corrected chi connectivity index (χ2v) is 5.73. The molecule has 120 valence electrons. The number of nitrogens with two attached hydrogens (primary N) is 2. The third-order valence-electron chi connectivity index (χ3n) is 4.32. The predicted octanol–water partition coefficient (Wildman–Crippen LogP) is -0.448. The van der Waals surface area contributed by atoms with Crippen LogP contribution in [0.15, 0.2) is 15.6 Å². The van der Waals surface area contributed by atoms with Gasteiger partial charge < -0.3 is 30.9 Å². The van der Waals surface area contributed by atoms with Gasteiger partial charge in [0.15, 0.2) is 11.7 Å². The van der Waals surface area contributed by atoms with E-state index in [0.29, 0.717) is 18.0 Å². The van der Waals surface area contributed by atoms with Crippen LogP contribution in [0.4, 0.5) is 4.79 Å². The number of hydrogen-bond acceptors (Lipinski definition) is 5. The average molecular weight is 308 g/mol. The Morgan fingerprint density at radius 1 is 1.59 bits per heavy atom. The van der Waals surface area contributed by atoms with Gasteiger partial charge in [0, 0.05) is 19.7 Å². The maximum absolute atomic E-state index is 12.2. The summed E-state index contributed by atoms with van der Waals surface area (Å²) in [5, 5.41) is 14.0. The largest absolute Gasteiger partial charge is 0.383 e. The lowest BCUT2D eigenvalue weighted by molar-refractivity contribution is 0.146. The summed E-state index contributed by atoms with van der Waals surface area (Å²) in [7, 11) is 1.82. The topological polar surface area (TPSA) is 134 Å². The lowest BCUT2D eigenvalue weighted by Crippen LogP contribution is -2.34. The highest BCUT2D eigenvalue weighted by Crippen LogP contribution is 2.37. The molecule has 5 N–H and O–H groups in total. The number of amides is 2. The van der Waals surface area contributed by atoms with E-state index in [1.165, 1.54) is 0 Å². The summed E-state index contributed by atoms with van der Waals surface area (Å²) in [6, 6.07) is 1.85. The van der Waals surface area contributed by atoms with Gasteiger partial charge in [-0.3, -0.25) is 4.99 Å². The number of aromatic nitrogens is 1. The molecule has 2 amide bonds. The van der Waals surface area contributed by atoms with Crippen LogP contribution in [0.1, 0.15) is 36.4 Å². The SMILES string of the molecule is CN1C(=O)N2C[C@H]1CC[C@H]2c1cc([C@@H](O)CN=C(N)N)on1. The maximum atomic E-state index is 12.2. The maximum Gasteiger partial charge on any atom is 0.320 e. The lowest BCUT2D eigenvalue weighted by atomic mass is 9.98. The van der Waals surface area contributed by atoms with Crippen LogP contribution in [-0.2, 0) is 0 Å². The van der Waals surface area contributed by atoms with Gasteiger partial charge in [0.05, 0.1) is 18.6 Å². The molecule has 3 rings (SSSR count). The number of carbonyl (C=O) groups excluding carboxylic acids is 1. The first-order valence-electron chi connectivity index (χ1n) is 7.20. The first kappa shape index (κ1) is 14.6. The van der Waals surface area contributed by atoms with Crippen LogP contribution in [0, 0.1) is 0 Å². The Balaban J connectivity index is 1.74. The Labute approximate surface area is 127 Å². The molecule has 3 atom stereocenters. The minimum absolute atomic E-state index is 0.00902. The first-order chi connectivity index (χ1) is 10.5. The van der Waals surface area contributed by atoms with Crippen LogP contribution in [0.25, 0.3) is 0 Å². The number of hydrogen-bond donors (Lipinski definition) is 3. The minimum atomic E-state index is -0.961. The van der Waals surface area contributed by atoms with Crippen molar-refractivity contribution in [1.29, 1.82) is 0 Å². The second kappa shape index (κ2) is 5.48. The summed E-state index contributed by atoms with van der Waals surface area (Å²) >= 11 is 0. The molecule has 2 aliphatic heterocycles. The van der Waals surface area contributed by atoms with Crippen molar-refractivity contribution < 1.29 is 14.4 Å². The molecule has 2 fully saturated rings. The van der Waals surface area contributed by atoms with Crippen molar-refractivity contribution in [3.63, 3.8) is 0 Å². The molecular weight excluding hydrogens is 288 g/mol. The quantitative estimate of drug-likeness (QED) is 0.509. The van der Waals surface area contributed by atoms with E-state index in [9.17, 15) is 9.90 Å². The second-order valence-electron chi connectivity index (χ2n) is 5.73. The van der Waals surface area contributed by atoms with Crippen LogP contribution >= 0.6 is 0 Å². The van der Waals surface area contributed by atoms with E-state index in [4.69, 9.17) is 16.0 Å². The monoisotopic (exact) mass is 308 g/mol. The normalized spacial score (nSPS) is 25.5. The number of likely N-dealkylation sites (N-methyl/N-ethyl adjacent to an activating group) is 1. The number of carbonyl (C=O) groups is 1. The van der Waals surface area contributed by atoms with E-state index in [1.54, 1.807) is 15.9 Å². The van der Waals surface area contributed by atoms with Gasteiger partial charge in [-0.1, -0.05) is 5.16 Å². The number of nitrogens with zero attached hydrogens (tertiary/aromatic N) is 4. The molecule has 2 bridgehead atoms. The van der Waals surface area contributed by atoms with Gasteiger partial charge >= 0.3 is 6.03 Å². The standard InChI is InChI=1S/C13H20N6O3/c1-18-7-2-3-9(19(6-7)13(18)21)8-4-11(22-17-8)10(20)5-16-12(14)15/h4,7,9-10,20H,2-3,5-6H2,1H3,(H4,14,15,16)/t7-,9+,10+/m1/s1. The van der Waals surface area contributed by atoms with Crippen molar-refractivity contribution in [1.82, 2.24) is 15.0 Å². The van der Waals surface area contributed by atoms with Gasteiger partial charge in [0.25, 0.3) is 0 Å². The Kier molecular flexibility index (Phi) is 3.65. The smallest absolute Gasteiger partial charge is 0.320 e. The van der Waals surface area contributed by atoms with E-state index in [0.717, 1.165) is 12.8 Å². The number of piperidine rings is 1. The van der Waals surface area contributed by atoms with E-state index in [1.807, 2.05) is 7.05 Å². The summed E-state index contributed by atoms with van der Waals surface area (Å²) in [6.45, 7) is 0.716. The Hall–Kier alpha value is -2.29. The highest BCUT2D eigenvalue weighted by molar-refractivity contribution is 5.78. The summed E-state index contributed by atoms with van der Waals surface area (Å²) in [6.07, 6.45) is 0.801. The van der Waals surface area contributed by atoms with Crippen molar-refractivity contribution >= 4 is 12.0 Å². The molecule has 9 heteroatoms. The zero-order valence-electron chi connectivity index (χ0n) is 12.3. The van der Waals surface area contributed by atoms with Crippen molar-refractivity contribution in [3.05, 3.63) is 17.5 Å². The molecule has 0 radical (unpaired) electrons. The number of aliphatic hydroxyl groups is 1. The number of aliphatic hydroxyl groups excluding tert-OH is 1. The van der Waals surface area contributed by atoms with Crippen molar-refractivity contribution in [3.8, 4) is 0 Å². The van der Waals surface area contributed by atoms with Crippen molar-refractivity contribution in [2.45, 2.75) is 31.0 Å². The van der Waals surface area contributed by atoms with E-state index < -0.39 is 6.10 Å². The summed E-state index contributed by atoms with van der Waals surface area (Å²) in [4.78, 5) is 19.5. The van der Waals surface area contributed by atoms with Gasteiger partial charge in [-0.2, -0.15) is 0 Å². The molecule has 0 spiro atoms. The van der Waals surface area contributed by atoms with Crippen molar-refractivity contribution in [2.24, 2.45) is 16.5 Å². The van der Waals surface area contributed by atoms with Crippen LogP contribution in [0.5, 0.6) is 0 Å². The number of urea groups is 1. The average Bonchev–Trinajstić information content (AvgIpc) is 3.07. The predicted molar refractivity (Wildman–Crippen MR) is 77.8 cm³/mol. The molecule has 2 aliphatic rings. The molecule has 2 saturated heterocycles.